The maximum absolute atomic E-state index is 11.2. The van der Waals surface area contributed by atoms with Crippen LogP contribution in [-0.4, -0.2) is 26.7 Å². The zero-order valence-corrected chi connectivity index (χ0v) is 9.44. The summed E-state index contributed by atoms with van der Waals surface area (Å²) in [7, 11) is 0. The first-order chi connectivity index (χ1) is 7.74. The lowest BCUT2D eigenvalue weighted by atomic mass is 10.1. The summed E-state index contributed by atoms with van der Waals surface area (Å²) in [6, 6.07) is 0.166. The molecule has 0 aliphatic carbocycles. The molecule has 16 heavy (non-hydrogen) atoms. The van der Waals surface area contributed by atoms with E-state index in [2.05, 4.69) is 33.6 Å². The Bertz CT molecular complexity index is 397. The van der Waals surface area contributed by atoms with Crippen LogP contribution in [0.4, 0.5) is 0 Å². The van der Waals surface area contributed by atoms with Gasteiger partial charge in [0.25, 0.3) is 0 Å². The van der Waals surface area contributed by atoms with Gasteiger partial charge in [0, 0.05) is 25.4 Å². The molecule has 0 aromatic carbocycles. The summed E-state index contributed by atoms with van der Waals surface area (Å²) < 4.78 is 2.11. The Morgan fingerprint density at radius 3 is 3.19 bits per heavy atom. The molecule has 1 aliphatic rings. The number of hydrogen-bond acceptors (Lipinski definition) is 3. The fourth-order valence-corrected chi connectivity index (χ4v) is 2.02. The van der Waals surface area contributed by atoms with Crippen molar-refractivity contribution in [1.82, 2.24) is 20.1 Å². The van der Waals surface area contributed by atoms with Crippen LogP contribution in [0.25, 0.3) is 0 Å². The molecule has 86 valence electrons. The molecule has 2 heterocycles. The van der Waals surface area contributed by atoms with Crippen LogP contribution in [0.2, 0.25) is 0 Å². The Hall–Kier alpha value is -1.65. The molecule has 0 saturated heterocycles. The van der Waals surface area contributed by atoms with E-state index in [1.807, 2.05) is 0 Å². The molecule has 5 nitrogen and oxygen atoms in total. The molecule has 1 aromatic heterocycles. The van der Waals surface area contributed by atoms with E-state index in [1.165, 1.54) is 6.08 Å². The van der Waals surface area contributed by atoms with Crippen LogP contribution in [0.15, 0.2) is 12.7 Å². The van der Waals surface area contributed by atoms with Gasteiger partial charge in [0.05, 0.1) is 0 Å². The van der Waals surface area contributed by atoms with Crippen molar-refractivity contribution in [2.75, 3.05) is 0 Å². The molecule has 0 spiro atoms. The third-order valence-electron chi connectivity index (χ3n) is 2.87. The molecule has 1 atom stereocenters. The summed E-state index contributed by atoms with van der Waals surface area (Å²) in [6.45, 7) is 6.28. The van der Waals surface area contributed by atoms with Crippen LogP contribution in [0.1, 0.15) is 25.0 Å². The number of nitrogens with one attached hydrogen (secondary N) is 1. The van der Waals surface area contributed by atoms with Crippen molar-refractivity contribution in [1.29, 1.82) is 0 Å². The molecule has 2 rings (SSSR count). The molecule has 1 unspecified atom stereocenters. The number of amides is 1. The highest BCUT2D eigenvalue weighted by molar-refractivity contribution is 5.87. The molecule has 0 saturated carbocycles. The van der Waals surface area contributed by atoms with Gasteiger partial charge in [-0.2, -0.15) is 0 Å². The topological polar surface area (TPSA) is 59.8 Å². The number of aromatic nitrogens is 3. The minimum atomic E-state index is -0.112. The van der Waals surface area contributed by atoms with Crippen molar-refractivity contribution in [3.8, 4) is 0 Å². The summed E-state index contributed by atoms with van der Waals surface area (Å²) in [5.41, 5.74) is 0. The fourth-order valence-electron chi connectivity index (χ4n) is 2.02. The molecule has 1 aliphatic heterocycles. The Labute approximate surface area is 94.6 Å². The van der Waals surface area contributed by atoms with Gasteiger partial charge in [-0.3, -0.25) is 4.79 Å². The Morgan fingerprint density at radius 2 is 2.50 bits per heavy atom. The van der Waals surface area contributed by atoms with Gasteiger partial charge in [-0.25, -0.2) is 0 Å². The van der Waals surface area contributed by atoms with Gasteiger partial charge in [-0.15, -0.1) is 10.2 Å². The lowest BCUT2D eigenvalue weighted by molar-refractivity contribution is -0.117. The van der Waals surface area contributed by atoms with Crippen molar-refractivity contribution in [2.24, 2.45) is 0 Å². The molecule has 1 aromatic rings. The second kappa shape index (κ2) is 4.47. The van der Waals surface area contributed by atoms with Crippen molar-refractivity contribution < 1.29 is 4.79 Å². The van der Waals surface area contributed by atoms with Gasteiger partial charge in [0.15, 0.2) is 0 Å². The van der Waals surface area contributed by atoms with E-state index in [0.29, 0.717) is 0 Å². The summed E-state index contributed by atoms with van der Waals surface area (Å²) in [6.07, 6.45) is 3.97. The Morgan fingerprint density at radius 1 is 1.69 bits per heavy atom. The van der Waals surface area contributed by atoms with Crippen molar-refractivity contribution >= 4 is 5.91 Å². The first-order valence-corrected chi connectivity index (χ1v) is 5.58. The van der Waals surface area contributed by atoms with Crippen LogP contribution in [0.3, 0.4) is 0 Å². The number of fused-ring (bicyclic) bond motifs is 1. The predicted molar refractivity (Wildman–Crippen MR) is 59.8 cm³/mol. The highest BCUT2D eigenvalue weighted by atomic mass is 16.1. The minimum Gasteiger partial charge on any atom is -0.348 e. The van der Waals surface area contributed by atoms with Crippen LogP contribution in [0.5, 0.6) is 0 Å². The van der Waals surface area contributed by atoms with Gasteiger partial charge >= 0.3 is 0 Å². The lowest BCUT2D eigenvalue weighted by Gasteiger charge is -2.24. The zero-order valence-electron chi connectivity index (χ0n) is 9.44. The Kier molecular flexibility index (Phi) is 3.03. The fraction of sp³-hybridized carbons (Fsp3) is 0.545. The highest BCUT2D eigenvalue weighted by Crippen LogP contribution is 2.15. The van der Waals surface area contributed by atoms with Crippen LogP contribution >= 0.6 is 0 Å². The number of aryl methyl sites for hydroxylation is 2. The molecule has 1 amide bonds. The first-order valence-electron chi connectivity index (χ1n) is 5.58. The van der Waals surface area contributed by atoms with Crippen LogP contribution < -0.4 is 5.32 Å². The smallest absolute Gasteiger partial charge is 0.243 e. The number of hydrogen-bond donors (Lipinski definition) is 1. The largest absolute Gasteiger partial charge is 0.348 e. The van der Waals surface area contributed by atoms with E-state index < -0.39 is 0 Å². The van der Waals surface area contributed by atoms with Gasteiger partial charge in [0.2, 0.25) is 5.91 Å². The number of nitrogens with zero attached hydrogens (tertiary/aromatic N) is 3. The van der Waals surface area contributed by atoms with E-state index in [1.54, 1.807) is 0 Å². The number of rotatable bonds is 3. The monoisotopic (exact) mass is 220 g/mol. The summed E-state index contributed by atoms with van der Waals surface area (Å²) in [5, 5.41) is 11.2. The number of carbonyl (C=O) groups is 1. The van der Waals surface area contributed by atoms with Gasteiger partial charge in [0.1, 0.15) is 11.6 Å². The third kappa shape index (κ3) is 1.98. The average molecular weight is 220 g/mol. The second-order valence-corrected chi connectivity index (χ2v) is 3.94. The van der Waals surface area contributed by atoms with E-state index in [4.69, 9.17) is 0 Å². The summed E-state index contributed by atoms with van der Waals surface area (Å²) in [4.78, 5) is 11.2. The van der Waals surface area contributed by atoms with E-state index in [0.717, 1.165) is 37.5 Å². The first kappa shape index (κ1) is 10.9. The number of carbonyl (C=O) groups excluding carboxylic acids is 1. The average Bonchev–Trinajstić information content (AvgIpc) is 2.71. The molecular formula is C11H16N4O. The van der Waals surface area contributed by atoms with Crippen molar-refractivity contribution in [2.45, 2.75) is 38.8 Å². The van der Waals surface area contributed by atoms with Crippen LogP contribution in [0, 0.1) is 0 Å². The van der Waals surface area contributed by atoms with E-state index in [-0.39, 0.29) is 11.9 Å². The van der Waals surface area contributed by atoms with Gasteiger partial charge < -0.3 is 9.88 Å². The standard InChI is InChI=1S/C11H16N4O/c1-3-9-13-14-10-6-5-8(7-15(9)10)12-11(16)4-2/h4,8H,2-3,5-7H2,1H3,(H,12,16). The van der Waals surface area contributed by atoms with E-state index in [9.17, 15) is 4.79 Å². The second-order valence-electron chi connectivity index (χ2n) is 3.94. The Balaban J connectivity index is 2.09. The molecular weight excluding hydrogens is 204 g/mol. The van der Waals surface area contributed by atoms with Crippen molar-refractivity contribution in [3.63, 3.8) is 0 Å². The van der Waals surface area contributed by atoms with Crippen LogP contribution in [-0.2, 0) is 24.2 Å². The summed E-state index contributed by atoms with van der Waals surface area (Å²) >= 11 is 0. The normalized spacial score (nSPS) is 18.9. The third-order valence-corrected chi connectivity index (χ3v) is 2.87. The molecule has 0 bridgehead atoms. The maximum atomic E-state index is 11.2. The lowest BCUT2D eigenvalue weighted by Crippen LogP contribution is -2.40. The molecule has 0 radical (unpaired) electrons. The minimum absolute atomic E-state index is 0.112. The van der Waals surface area contributed by atoms with Gasteiger partial charge in [-0.1, -0.05) is 13.5 Å². The van der Waals surface area contributed by atoms with Gasteiger partial charge in [-0.05, 0) is 12.5 Å². The molecule has 5 heteroatoms. The molecule has 1 N–H and O–H groups in total. The maximum Gasteiger partial charge on any atom is 0.243 e. The molecule has 0 fully saturated rings. The summed E-state index contributed by atoms with van der Waals surface area (Å²) in [5.74, 6) is 1.91. The van der Waals surface area contributed by atoms with E-state index >= 15 is 0 Å². The highest BCUT2D eigenvalue weighted by Gasteiger charge is 2.22. The quantitative estimate of drug-likeness (QED) is 0.753. The SMILES string of the molecule is C=CC(=O)NC1CCc2nnc(CC)n2C1. The van der Waals surface area contributed by atoms with Crippen molar-refractivity contribution in [3.05, 3.63) is 24.3 Å². The predicted octanol–water partition coefficient (Wildman–Crippen LogP) is 0.457. The zero-order chi connectivity index (χ0) is 11.5.